The van der Waals surface area contributed by atoms with Gasteiger partial charge in [0.25, 0.3) is 0 Å². The molecule has 1 aliphatic carbocycles. The third-order valence-electron chi connectivity index (χ3n) is 2.41. The minimum atomic E-state index is -4.59. The van der Waals surface area contributed by atoms with Gasteiger partial charge in [-0.25, -0.2) is 4.39 Å². The van der Waals surface area contributed by atoms with Crippen molar-refractivity contribution in [3.05, 3.63) is 35.1 Å². The van der Waals surface area contributed by atoms with Crippen LogP contribution in [0.1, 0.15) is 17.2 Å². The van der Waals surface area contributed by atoms with E-state index in [9.17, 15) is 22.0 Å². The molecule has 0 aliphatic heterocycles. The minimum absolute atomic E-state index is 0.495. The molecule has 0 saturated carbocycles. The molecule has 0 spiro atoms. The first-order valence-corrected chi connectivity index (χ1v) is 4.02. The van der Waals surface area contributed by atoms with E-state index in [0.717, 1.165) is 0 Å². The van der Waals surface area contributed by atoms with E-state index in [2.05, 4.69) is 0 Å². The number of alkyl halides is 4. The van der Waals surface area contributed by atoms with Gasteiger partial charge in [0, 0.05) is 5.56 Å². The summed E-state index contributed by atoms with van der Waals surface area (Å²) in [6, 6.07) is 1.71. The van der Waals surface area contributed by atoms with Crippen LogP contribution in [0, 0.1) is 5.82 Å². The lowest BCUT2D eigenvalue weighted by molar-refractivity contribution is -0.246. The van der Waals surface area contributed by atoms with Crippen molar-refractivity contribution in [3.63, 3.8) is 0 Å². The number of halogens is 5. The first kappa shape index (κ1) is 10.4. The molecule has 0 radical (unpaired) electrons. The summed E-state index contributed by atoms with van der Waals surface area (Å²) in [5, 5.41) is 8.97. The Morgan fingerprint density at radius 3 is 2.33 bits per heavy atom. The molecule has 6 heteroatoms. The Morgan fingerprint density at radius 2 is 1.73 bits per heavy atom. The van der Waals surface area contributed by atoms with E-state index >= 15 is 0 Å². The molecular weight excluding hydrogens is 219 g/mol. The van der Waals surface area contributed by atoms with Gasteiger partial charge in [-0.3, -0.25) is 0 Å². The summed E-state index contributed by atoms with van der Waals surface area (Å²) in [6.45, 7) is 0. The van der Waals surface area contributed by atoms with Crippen molar-refractivity contribution in [1.29, 1.82) is 0 Å². The second-order valence-corrected chi connectivity index (χ2v) is 3.33. The zero-order chi connectivity index (χ0) is 11.4. The predicted octanol–water partition coefficient (Wildman–Crippen LogP) is 2.60. The topological polar surface area (TPSA) is 20.2 Å². The molecular formula is C9H5F5O. The lowest BCUT2D eigenvalue weighted by Crippen LogP contribution is -2.36. The Bertz CT molecular complexity index is 415. The average molecular weight is 224 g/mol. The number of fused-ring (bicyclic) bond motifs is 1. The molecule has 0 bridgehead atoms. The predicted molar refractivity (Wildman–Crippen MR) is 40.2 cm³/mol. The molecule has 1 aromatic carbocycles. The molecule has 0 aromatic heterocycles. The molecule has 1 unspecified atom stereocenters. The second-order valence-electron chi connectivity index (χ2n) is 3.33. The second kappa shape index (κ2) is 2.69. The van der Waals surface area contributed by atoms with Crippen molar-refractivity contribution >= 4 is 0 Å². The van der Waals surface area contributed by atoms with E-state index in [-0.39, 0.29) is 0 Å². The van der Waals surface area contributed by atoms with Crippen LogP contribution < -0.4 is 0 Å². The number of hydrogen-bond donors (Lipinski definition) is 1. The van der Waals surface area contributed by atoms with Crippen LogP contribution in [-0.2, 0) is 5.92 Å². The van der Waals surface area contributed by atoms with Gasteiger partial charge < -0.3 is 5.11 Å². The first-order chi connectivity index (χ1) is 6.78. The summed E-state index contributed by atoms with van der Waals surface area (Å²) in [7, 11) is 0. The fourth-order valence-electron chi connectivity index (χ4n) is 1.59. The van der Waals surface area contributed by atoms with Gasteiger partial charge in [0.15, 0.2) is 0 Å². The van der Waals surface area contributed by atoms with Crippen LogP contribution in [-0.4, -0.2) is 11.0 Å². The summed E-state index contributed by atoms with van der Waals surface area (Å²) in [6.07, 6.45) is -2.67. The number of rotatable bonds is 0. The van der Waals surface area contributed by atoms with Crippen LogP contribution >= 0.6 is 0 Å². The molecule has 1 atom stereocenters. The normalized spacial score (nSPS) is 26.4. The van der Waals surface area contributed by atoms with Crippen molar-refractivity contribution in [2.24, 2.45) is 0 Å². The molecule has 1 nitrogen and oxygen atoms in total. The highest BCUT2D eigenvalue weighted by Gasteiger charge is 2.68. The zero-order valence-corrected chi connectivity index (χ0v) is 7.15. The summed E-state index contributed by atoms with van der Waals surface area (Å²) in [5.74, 6) is -10.0. The Balaban J connectivity index is 2.68. The fraction of sp³-hybridized carbons (Fsp3) is 0.333. The van der Waals surface area contributed by atoms with Gasteiger partial charge in [0.1, 0.15) is 11.9 Å². The maximum absolute atomic E-state index is 13.1. The van der Waals surface area contributed by atoms with Crippen LogP contribution in [0.5, 0.6) is 0 Å². The highest BCUT2D eigenvalue weighted by atomic mass is 19.3. The van der Waals surface area contributed by atoms with E-state index in [1.165, 1.54) is 0 Å². The van der Waals surface area contributed by atoms with E-state index in [0.29, 0.717) is 18.2 Å². The zero-order valence-electron chi connectivity index (χ0n) is 7.15. The fourth-order valence-corrected chi connectivity index (χ4v) is 1.59. The standard InChI is InChI=1S/C9H5F5O/c10-4-1-2-6-5(3-4)7(15)9(13,14)8(6,11)12/h1-3,7,15H. The molecule has 1 aromatic rings. The van der Waals surface area contributed by atoms with E-state index in [1.807, 2.05) is 0 Å². The summed E-state index contributed by atoms with van der Waals surface area (Å²) < 4.78 is 64.6. The molecule has 2 rings (SSSR count). The maximum atomic E-state index is 13.1. The lowest BCUT2D eigenvalue weighted by Gasteiger charge is -2.20. The van der Waals surface area contributed by atoms with Gasteiger partial charge in [-0.05, 0) is 23.8 Å². The van der Waals surface area contributed by atoms with Gasteiger partial charge >= 0.3 is 11.8 Å². The molecule has 0 fully saturated rings. The summed E-state index contributed by atoms with van der Waals surface area (Å²) >= 11 is 0. The van der Waals surface area contributed by atoms with Crippen LogP contribution in [0.4, 0.5) is 22.0 Å². The molecule has 0 saturated heterocycles. The number of aliphatic hydroxyl groups is 1. The van der Waals surface area contributed by atoms with Crippen molar-refractivity contribution in [1.82, 2.24) is 0 Å². The minimum Gasteiger partial charge on any atom is -0.382 e. The van der Waals surface area contributed by atoms with Crippen molar-refractivity contribution in [2.45, 2.75) is 17.9 Å². The first-order valence-electron chi connectivity index (χ1n) is 4.02. The summed E-state index contributed by atoms with van der Waals surface area (Å²) in [5.41, 5.74) is -1.79. The van der Waals surface area contributed by atoms with Crippen LogP contribution in [0.2, 0.25) is 0 Å². The third kappa shape index (κ3) is 1.11. The quantitative estimate of drug-likeness (QED) is 0.671. The van der Waals surface area contributed by atoms with E-state index in [1.54, 1.807) is 0 Å². The van der Waals surface area contributed by atoms with Crippen molar-refractivity contribution in [3.8, 4) is 0 Å². The Morgan fingerprint density at radius 1 is 1.13 bits per heavy atom. The SMILES string of the molecule is OC1c2cc(F)ccc2C(F)(F)C1(F)F. The highest BCUT2D eigenvalue weighted by molar-refractivity contribution is 5.41. The number of hydrogen-bond acceptors (Lipinski definition) is 1. The van der Waals surface area contributed by atoms with Gasteiger partial charge in [-0.1, -0.05) is 0 Å². The Labute approximate surface area is 81.1 Å². The van der Waals surface area contributed by atoms with Gasteiger partial charge in [-0.2, -0.15) is 17.6 Å². The monoisotopic (exact) mass is 224 g/mol. The largest absolute Gasteiger partial charge is 0.382 e. The molecule has 0 amide bonds. The van der Waals surface area contributed by atoms with Gasteiger partial charge in [-0.15, -0.1) is 0 Å². The number of benzene rings is 1. The van der Waals surface area contributed by atoms with Gasteiger partial charge in [0.2, 0.25) is 0 Å². The molecule has 1 aliphatic rings. The van der Waals surface area contributed by atoms with E-state index < -0.39 is 34.9 Å². The Hall–Kier alpha value is -1.17. The highest BCUT2D eigenvalue weighted by Crippen LogP contribution is 2.57. The van der Waals surface area contributed by atoms with Gasteiger partial charge in [0.05, 0.1) is 0 Å². The molecule has 0 heterocycles. The third-order valence-corrected chi connectivity index (χ3v) is 2.41. The van der Waals surface area contributed by atoms with Crippen LogP contribution in [0.25, 0.3) is 0 Å². The molecule has 82 valence electrons. The van der Waals surface area contributed by atoms with Crippen molar-refractivity contribution in [2.75, 3.05) is 0 Å². The number of aliphatic hydroxyl groups excluding tert-OH is 1. The molecule has 1 N–H and O–H groups in total. The van der Waals surface area contributed by atoms with Crippen LogP contribution in [0.15, 0.2) is 18.2 Å². The Kier molecular flexibility index (Phi) is 1.86. The van der Waals surface area contributed by atoms with E-state index in [4.69, 9.17) is 5.11 Å². The van der Waals surface area contributed by atoms with Crippen molar-refractivity contribution < 1.29 is 27.1 Å². The van der Waals surface area contributed by atoms with Crippen LogP contribution in [0.3, 0.4) is 0 Å². The smallest absolute Gasteiger partial charge is 0.343 e. The lowest BCUT2D eigenvalue weighted by atomic mass is 10.1. The average Bonchev–Trinajstić information content (AvgIpc) is 2.26. The maximum Gasteiger partial charge on any atom is 0.343 e. The summed E-state index contributed by atoms with van der Waals surface area (Å²) in [4.78, 5) is 0. The molecule has 15 heavy (non-hydrogen) atoms.